The quantitative estimate of drug-likeness (QED) is 0.885. The molecule has 1 atom stereocenters. The summed E-state index contributed by atoms with van der Waals surface area (Å²) in [7, 11) is 0. The van der Waals surface area contributed by atoms with E-state index in [0.29, 0.717) is 5.02 Å². The summed E-state index contributed by atoms with van der Waals surface area (Å²) < 4.78 is 5.80. The highest BCUT2D eigenvalue weighted by molar-refractivity contribution is 6.30. The fourth-order valence-corrected chi connectivity index (χ4v) is 1.92. The minimum atomic E-state index is 0.0383. The van der Waals surface area contributed by atoms with Crippen molar-refractivity contribution < 1.29 is 4.74 Å². The third kappa shape index (κ3) is 3.03. The molecule has 0 aliphatic rings. The van der Waals surface area contributed by atoms with Gasteiger partial charge in [0.2, 0.25) is 0 Å². The van der Waals surface area contributed by atoms with Crippen LogP contribution in [0, 0.1) is 6.92 Å². The molecular weight excluding hydrogens is 246 g/mol. The predicted molar refractivity (Wildman–Crippen MR) is 75.3 cm³/mol. The minimum absolute atomic E-state index is 0.0383. The highest BCUT2D eigenvalue weighted by atomic mass is 35.5. The van der Waals surface area contributed by atoms with Crippen LogP contribution in [0.3, 0.4) is 0 Å². The summed E-state index contributed by atoms with van der Waals surface area (Å²) in [5.41, 5.74) is 7.91. The van der Waals surface area contributed by atoms with E-state index in [2.05, 4.69) is 0 Å². The lowest BCUT2D eigenvalue weighted by Crippen LogP contribution is -2.04. The summed E-state index contributed by atoms with van der Waals surface area (Å²) in [4.78, 5) is 0. The van der Waals surface area contributed by atoms with Gasteiger partial charge >= 0.3 is 0 Å². The fourth-order valence-electron chi connectivity index (χ4n) is 1.69. The van der Waals surface area contributed by atoms with Gasteiger partial charge in [0.05, 0.1) is 0 Å². The van der Waals surface area contributed by atoms with Gasteiger partial charge in [-0.25, -0.2) is 0 Å². The molecule has 0 heterocycles. The summed E-state index contributed by atoms with van der Waals surface area (Å²) in [6.45, 7) is 3.93. The molecule has 94 valence electrons. The Kier molecular flexibility index (Phi) is 3.90. The van der Waals surface area contributed by atoms with Crippen LogP contribution >= 0.6 is 11.6 Å². The van der Waals surface area contributed by atoms with Gasteiger partial charge in [0, 0.05) is 11.1 Å². The summed E-state index contributed by atoms with van der Waals surface area (Å²) in [5.74, 6) is 1.61. The van der Waals surface area contributed by atoms with Crippen molar-refractivity contribution in [2.24, 2.45) is 5.73 Å². The summed E-state index contributed by atoms with van der Waals surface area (Å²) in [5, 5.41) is 0.715. The minimum Gasteiger partial charge on any atom is -0.457 e. The lowest BCUT2D eigenvalue weighted by molar-refractivity contribution is 0.478. The molecule has 0 amide bonds. The van der Waals surface area contributed by atoms with Gasteiger partial charge in [-0.15, -0.1) is 0 Å². The molecule has 18 heavy (non-hydrogen) atoms. The number of aryl methyl sites for hydroxylation is 1. The Bertz CT molecular complexity index is 535. The van der Waals surface area contributed by atoms with Crippen molar-refractivity contribution in [1.29, 1.82) is 0 Å². The van der Waals surface area contributed by atoms with Crippen LogP contribution in [0.25, 0.3) is 0 Å². The first-order valence-corrected chi connectivity index (χ1v) is 6.23. The van der Waals surface area contributed by atoms with Crippen molar-refractivity contribution in [3.05, 3.63) is 58.6 Å². The number of hydrogen-bond acceptors (Lipinski definition) is 2. The number of rotatable bonds is 3. The van der Waals surface area contributed by atoms with Crippen LogP contribution in [0.5, 0.6) is 11.5 Å². The predicted octanol–water partition coefficient (Wildman–Crippen LogP) is 4.46. The third-order valence-corrected chi connectivity index (χ3v) is 3.01. The van der Waals surface area contributed by atoms with Crippen LogP contribution in [0.4, 0.5) is 0 Å². The highest BCUT2D eigenvalue weighted by Crippen LogP contribution is 2.27. The topological polar surface area (TPSA) is 35.2 Å². The van der Waals surface area contributed by atoms with Crippen LogP contribution in [0.2, 0.25) is 5.02 Å². The highest BCUT2D eigenvalue weighted by Gasteiger charge is 2.03. The zero-order valence-electron chi connectivity index (χ0n) is 10.5. The van der Waals surface area contributed by atoms with E-state index in [1.165, 1.54) is 0 Å². The average Bonchev–Trinajstić information content (AvgIpc) is 2.33. The smallest absolute Gasteiger partial charge is 0.130 e. The molecule has 0 radical (unpaired) electrons. The Labute approximate surface area is 112 Å². The molecule has 0 fully saturated rings. The average molecular weight is 262 g/mol. The molecule has 0 saturated carbocycles. The number of halogens is 1. The molecule has 0 aliphatic heterocycles. The number of ether oxygens (including phenoxy) is 1. The van der Waals surface area contributed by atoms with E-state index in [1.807, 2.05) is 56.3 Å². The molecule has 2 N–H and O–H groups in total. The summed E-state index contributed by atoms with van der Waals surface area (Å²) in [6, 6.07) is 13.4. The van der Waals surface area contributed by atoms with E-state index >= 15 is 0 Å². The summed E-state index contributed by atoms with van der Waals surface area (Å²) in [6.07, 6.45) is 0. The van der Waals surface area contributed by atoms with Gasteiger partial charge in [-0.1, -0.05) is 23.7 Å². The van der Waals surface area contributed by atoms with E-state index in [-0.39, 0.29) is 6.04 Å². The number of nitrogens with two attached hydrogens (primary N) is 1. The normalized spacial score (nSPS) is 12.2. The van der Waals surface area contributed by atoms with E-state index in [9.17, 15) is 0 Å². The molecule has 2 rings (SSSR count). The SMILES string of the molecule is Cc1cc(Cl)ccc1Oc1ccc([C@@H](C)N)cc1. The number of hydrogen-bond donors (Lipinski definition) is 1. The van der Waals surface area contributed by atoms with Crippen LogP contribution in [0.15, 0.2) is 42.5 Å². The molecule has 0 aliphatic carbocycles. The molecule has 2 aromatic rings. The van der Waals surface area contributed by atoms with Crippen molar-refractivity contribution in [3.8, 4) is 11.5 Å². The van der Waals surface area contributed by atoms with Gasteiger partial charge in [-0.2, -0.15) is 0 Å². The van der Waals surface area contributed by atoms with Crippen LogP contribution in [-0.2, 0) is 0 Å². The second kappa shape index (κ2) is 5.42. The molecule has 2 aromatic carbocycles. The molecular formula is C15H16ClNO. The van der Waals surface area contributed by atoms with Crippen molar-refractivity contribution in [3.63, 3.8) is 0 Å². The van der Waals surface area contributed by atoms with Crippen molar-refractivity contribution in [2.45, 2.75) is 19.9 Å². The maximum atomic E-state index is 5.91. The van der Waals surface area contributed by atoms with Crippen LogP contribution in [-0.4, -0.2) is 0 Å². The van der Waals surface area contributed by atoms with Gasteiger partial charge in [-0.05, 0) is 55.3 Å². The van der Waals surface area contributed by atoms with E-state index < -0.39 is 0 Å². The van der Waals surface area contributed by atoms with Crippen LogP contribution < -0.4 is 10.5 Å². The van der Waals surface area contributed by atoms with Crippen molar-refractivity contribution >= 4 is 11.6 Å². The van der Waals surface area contributed by atoms with Gasteiger partial charge in [0.15, 0.2) is 0 Å². The molecule has 0 saturated heterocycles. The number of benzene rings is 2. The maximum absolute atomic E-state index is 5.91. The second-order valence-corrected chi connectivity index (χ2v) is 4.81. The zero-order chi connectivity index (χ0) is 13.1. The molecule has 3 heteroatoms. The largest absolute Gasteiger partial charge is 0.457 e. The Hall–Kier alpha value is -1.51. The first kappa shape index (κ1) is 12.9. The van der Waals surface area contributed by atoms with Gasteiger partial charge in [0.1, 0.15) is 11.5 Å². The summed E-state index contributed by atoms with van der Waals surface area (Å²) >= 11 is 5.91. The molecule has 0 bridgehead atoms. The van der Waals surface area contributed by atoms with E-state index in [4.69, 9.17) is 22.1 Å². The standard InChI is InChI=1S/C15H16ClNO/c1-10-9-13(16)5-8-15(10)18-14-6-3-12(4-7-14)11(2)17/h3-9,11H,17H2,1-2H3/t11-/m1/s1. The fraction of sp³-hybridized carbons (Fsp3) is 0.200. The first-order valence-electron chi connectivity index (χ1n) is 5.86. The van der Waals surface area contributed by atoms with E-state index in [0.717, 1.165) is 22.6 Å². The third-order valence-electron chi connectivity index (χ3n) is 2.77. The lowest BCUT2D eigenvalue weighted by Gasteiger charge is -2.10. The van der Waals surface area contributed by atoms with Gasteiger partial charge in [0.25, 0.3) is 0 Å². The Morgan fingerprint density at radius 2 is 1.78 bits per heavy atom. The van der Waals surface area contributed by atoms with Crippen LogP contribution in [0.1, 0.15) is 24.1 Å². The van der Waals surface area contributed by atoms with E-state index in [1.54, 1.807) is 0 Å². The molecule has 0 aromatic heterocycles. The molecule has 0 unspecified atom stereocenters. The van der Waals surface area contributed by atoms with Crippen molar-refractivity contribution in [2.75, 3.05) is 0 Å². The molecule has 0 spiro atoms. The Morgan fingerprint density at radius 3 is 2.33 bits per heavy atom. The molecule has 2 nitrogen and oxygen atoms in total. The second-order valence-electron chi connectivity index (χ2n) is 4.37. The first-order chi connectivity index (χ1) is 8.56. The zero-order valence-corrected chi connectivity index (χ0v) is 11.2. The van der Waals surface area contributed by atoms with Gasteiger partial charge in [-0.3, -0.25) is 0 Å². The maximum Gasteiger partial charge on any atom is 0.130 e. The lowest BCUT2D eigenvalue weighted by atomic mass is 10.1. The van der Waals surface area contributed by atoms with Crippen molar-refractivity contribution in [1.82, 2.24) is 0 Å². The monoisotopic (exact) mass is 261 g/mol. The van der Waals surface area contributed by atoms with Gasteiger partial charge < -0.3 is 10.5 Å². The Balaban J connectivity index is 2.18. The Morgan fingerprint density at radius 1 is 1.11 bits per heavy atom.